The van der Waals surface area contributed by atoms with Crippen molar-refractivity contribution in [1.29, 1.82) is 0 Å². The van der Waals surface area contributed by atoms with Gasteiger partial charge in [-0.1, -0.05) is 0 Å². The van der Waals surface area contributed by atoms with E-state index in [1.54, 1.807) is 26.0 Å². The third-order valence-electron chi connectivity index (χ3n) is 2.55. The highest BCUT2D eigenvalue weighted by molar-refractivity contribution is 7.89. The first-order chi connectivity index (χ1) is 9.77. The molecule has 1 heterocycles. The van der Waals surface area contributed by atoms with E-state index in [0.717, 1.165) is 0 Å². The van der Waals surface area contributed by atoms with Gasteiger partial charge in [0.05, 0.1) is 11.7 Å². The molecule has 1 amide bonds. The summed E-state index contributed by atoms with van der Waals surface area (Å²) in [5.74, 6) is -0.380. The number of rotatable bonds is 7. The Morgan fingerprint density at radius 1 is 1.33 bits per heavy atom. The highest BCUT2D eigenvalue weighted by Gasteiger charge is 2.25. The van der Waals surface area contributed by atoms with Gasteiger partial charge in [0.15, 0.2) is 5.03 Å². The van der Waals surface area contributed by atoms with Crippen LogP contribution in [0, 0.1) is 0 Å². The molecule has 7 nitrogen and oxygen atoms in total. The molecule has 0 saturated heterocycles. The van der Waals surface area contributed by atoms with Crippen molar-refractivity contribution in [2.24, 2.45) is 0 Å². The molecule has 0 radical (unpaired) electrons. The molecule has 0 aromatic carbocycles. The fraction of sp³-hybridized carbons (Fsp3) is 0.538. The second kappa shape index (κ2) is 7.37. The Hall–Kier alpha value is -1.67. The smallest absolute Gasteiger partial charge is 0.260 e. The molecular weight excluding hydrogens is 292 g/mol. The molecule has 0 fully saturated rings. The van der Waals surface area contributed by atoms with Gasteiger partial charge in [-0.2, -0.15) is 4.72 Å². The average molecular weight is 314 g/mol. The molecule has 0 saturated carbocycles. The van der Waals surface area contributed by atoms with Crippen LogP contribution in [-0.2, 0) is 14.8 Å². The fourth-order valence-electron chi connectivity index (χ4n) is 1.68. The molecule has 1 rings (SSSR count). The van der Waals surface area contributed by atoms with Crippen LogP contribution in [0.15, 0.2) is 23.4 Å². The molecule has 0 aliphatic heterocycles. The maximum absolute atomic E-state index is 12.3. The van der Waals surface area contributed by atoms with Crippen LogP contribution < -0.4 is 15.4 Å². The number of hydrogen-bond acceptors (Lipinski definition) is 5. The zero-order valence-corrected chi connectivity index (χ0v) is 13.5. The first kappa shape index (κ1) is 17.4. The molecule has 3 N–H and O–H groups in total. The lowest BCUT2D eigenvalue weighted by atomic mass is 10.3. The van der Waals surface area contributed by atoms with Gasteiger partial charge in [0.2, 0.25) is 5.91 Å². The minimum Gasteiger partial charge on any atom is -0.383 e. The van der Waals surface area contributed by atoms with Crippen LogP contribution in [0.2, 0.25) is 0 Å². The molecule has 1 aromatic heterocycles. The molecule has 1 atom stereocenters. The molecule has 0 aliphatic rings. The van der Waals surface area contributed by atoms with Crippen LogP contribution in [0.25, 0.3) is 0 Å². The molecular formula is C13H22N4O3S. The van der Waals surface area contributed by atoms with Crippen LogP contribution in [0.3, 0.4) is 0 Å². The summed E-state index contributed by atoms with van der Waals surface area (Å²) < 4.78 is 27.0. The lowest BCUT2D eigenvalue weighted by molar-refractivity contribution is -0.122. The predicted octanol–water partition coefficient (Wildman–Crippen LogP) is 0.705. The summed E-state index contributed by atoms with van der Waals surface area (Å²) in [6, 6.07) is 2.33. The van der Waals surface area contributed by atoms with Crippen molar-refractivity contribution in [3.05, 3.63) is 18.3 Å². The zero-order valence-electron chi connectivity index (χ0n) is 12.7. The zero-order chi connectivity index (χ0) is 16.0. The number of nitrogens with one attached hydrogen (secondary N) is 3. The van der Waals surface area contributed by atoms with Crippen molar-refractivity contribution in [2.45, 2.75) is 44.8 Å². The van der Waals surface area contributed by atoms with Crippen molar-refractivity contribution in [3.8, 4) is 0 Å². The van der Waals surface area contributed by atoms with Gasteiger partial charge >= 0.3 is 0 Å². The number of hydrogen-bond donors (Lipinski definition) is 3. The molecule has 8 heteroatoms. The third kappa shape index (κ3) is 4.98. The first-order valence-corrected chi connectivity index (χ1v) is 8.27. The minimum atomic E-state index is -3.88. The number of nitrogens with zero attached hydrogens (tertiary/aromatic N) is 1. The van der Waals surface area contributed by atoms with Crippen LogP contribution >= 0.6 is 0 Å². The molecule has 21 heavy (non-hydrogen) atoms. The van der Waals surface area contributed by atoms with E-state index in [4.69, 9.17) is 0 Å². The average Bonchev–Trinajstić information content (AvgIpc) is 2.38. The summed E-state index contributed by atoms with van der Waals surface area (Å²) in [5.41, 5.74) is 0.406. The summed E-state index contributed by atoms with van der Waals surface area (Å²) in [7, 11) is -3.88. The molecule has 0 aliphatic carbocycles. The summed E-state index contributed by atoms with van der Waals surface area (Å²) in [6.45, 7) is 7.53. The van der Waals surface area contributed by atoms with Gasteiger partial charge in [-0.15, -0.1) is 0 Å². The van der Waals surface area contributed by atoms with E-state index in [1.165, 1.54) is 13.1 Å². The molecule has 0 spiro atoms. The Labute approximate surface area is 125 Å². The normalized spacial score (nSPS) is 13.0. The van der Waals surface area contributed by atoms with Crippen molar-refractivity contribution in [2.75, 3.05) is 11.9 Å². The minimum absolute atomic E-state index is 0.0587. The Bertz CT molecular complexity index is 587. The maximum atomic E-state index is 12.3. The highest BCUT2D eigenvalue weighted by Crippen LogP contribution is 2.17. The van der Waals surface area contributed by atoms with Crippen LogP contribution in [0.4, 0.5) is 5.69 Å². The van der Waals surface area contributed by atoms with Crippen molar-refractivity contribution in [3.63, 3.8) is 0 Å². The molecule has 118 valence electrons. The fourth-order valence-corrected chi connectivity index (χ4v) is 3.00. The summed E-state index contributed by atoms with van der Waals surface area (Å²) >= 11 is 0. The Balaban J connectivity index is 2.94. The number of carbonyl (C=O) groups excluding carboxylic acids is 1. The topological polar surface area (TPSA) is 100 Å². The number of sulfonamides is 1. The molecule has 0 bridgehead atoms. The third-order valence-corrected chi connectivity index (χ3v) is 4.05. The summed E-state index contributed by atoms with van der Waals surface area (Å²) in [6.07, 6.45) is 1.40. The maximum Gasteiger partial charge on any atom is 0.260 e. The quantitative estimate of drug-likeness (QED) is 0.688. The highest BCUT2D eigenvalue weighted by atomic mass is 32.2. The lowest BCUT2D eigenvalue weighted by Crippen LogP contribution is -2.46. The van der Waals surface area contributed by atoms with E-state index in [0.29, 0.717) is 12.2 Å². The van der Waals surface area contributed by atoms with Crippen molar-refractivity contribution in [1.82, 2.24) is 15.0 Å². The number of carbonyl (C=O) groups is 1. The predicted molar refractivity (Wildman–Crippen MR) is 81.5 cm³/mol. The Morgan fingerprint density at radius 3 is 2.57 bits per heavy atom. The summed E-state index contributed by atoms with van der Waals surface area (Å²) in [5, 5.41) is 5.47. The van der Waals surface area contributed by atoms with E-state index >= 15 is 0 Å². The lowest BCUT2D eigenvalue weighted by Gasteiger charge is -2.17. The van der Waals surface area contributed by atoms with Crippen LogP contribution in [0.5, 0.6) is 0 Å². The van der Waals surface area contributed by atoms with Crippen LogP contribution in [-0.4, -0.2) is 37.9 Å². The van der Waals surface area contributed by atoms with Gasteiger partial charge in [-0.25, -0.2) is 13.4 Å². The van der Waals surface area contributed by atoms with E-state index in [2.05, 4.69) is 20.3 Å². The van der Waals surface area contributed by atoms with Gasteiger partial charge in [-0.05, 0) is 39.8 Å². The Morgan fingerprint density at radius 2 is 2.00 bits per heavy atom. The number of amides is 1. The molecule has 1 unspecified atom stereocenters. The second-order valence-electron chi connectivity index (χ2n) is 4.89. The SMILES string of the molecule is CCNc1cccnc1S(=O)(=O)NC(C)C(=O)NC(C)C. The van der Waals surface area contributed by atoms with Gasteiger partial charge in [0.25, 0.3) is 10.0 Å². The van der Waals surface area contributed by atoms with Crippen LogP contribution in [0.1, 0.15) is 27.7 Å². The number of aromatic nitrogens is 1. The largest absolute Gasteiger partial charge is 0.383 e. The van der Waals surface area contributed by atoms with E-state index in [-0.39, 0.29) is 17.0 Å². The summed E-state index contributed by atoms with van der Waals surface area (Å²) in [4.78, 5) is 15.7. The van der Waals surface area contributed by atoms with E-state index in [9.17, 15) is 13.2 Å². The molecule has 1 aromatic rings. The van der Waals surface area contributed by atoms with Gasteiger partial charge in [0.1, 0.15) is 0 Å². The first-order valence-electron chi connectivity index (χ1n) is 6.79. The number of anilines is 1. The van der Waals surface area contributed by atoms with Crippen molar-refractivity contribution < 1.29 is 13.2 Å². The number of pyridine rings is 1. The van der Waals surface area contributed by atoms with E-state index in [1.807, 2.05) is 6.92 Å². The Kier molecular flexibility index (Phi) is 6.10. The van der Waals surface area contributed by atoms with Gasteiger partial charge in [-0.3, -0.25) is 4.79 Å². The van der Waals surface area contributed by atoms with Gasteiger partial charge < -0.3 is 10.6 Å². The van der Waals surface area contributed by atoms with Gasteiger partial charge in [0, 0.05) is 18.8 Å². The monoisotopic (exact) mass is 314 g/mol. The second-order valence-corrected chi connectivity index (χ2v) is 6.52. The van der Waals surface area contributed by atoms with Crippen molar-refractivity contribution >= 4 is 21.6 Å². The van der Waals surface area contributed by atoms with E-state index < -0.39 is 16.1 Å². The standard InChI is InChI=1S/C13H22N4O3S/c1-5-14-11-7-6-8-15-13(11)21(19,20)17-10(4)12(18)16-9(2)3/h6-10,14,17H,5H2,1-4H3,(H,16,18).